The lowest BCUT2D eigenvalue weighted by atomic mass is 10.3. The van der Waals surface area contributed by atoms with E-state index < -0.39 is 6.10 Å². The summed E-state index contributed by atoms with van der Waals surface area (Å²) in [6.07, 6.45) is 0.606. The van der Waals surface area contributed by atoms with Crippen LogP contribution in [0.1, 0.15) is 29.9 Å². The minimum absolute atomic E-state index is 0.125. The first-order valence-electron chi connectivity index (χ1n) is 7.91. The maximum atomic E-state index is 12.4. The zero-order valence-electron chi connectivity index (χ0n) is 13.4. The maximum absolute atomic E-state index is 12.4. The lowest BCUT2D eigenvalue weighted by molar-refractivity contribution is -0.00793. The quantitative estimate of drug-likeness (QED) is 0.864. The second-order valence-corrected chi connectivity index (χ2v) is 6.91. The molecule has 5 nitrogen and oxygen atoms in total. The molecule has 2 rings (SSSR count). The van der Waals surface area contributed by atoms with Gasteiger partial charge in [-0.25, -0.2) is 0 Å². The Morgan fingerprint density at radius 2 is 2.18 bits per heavy atom. The number of thiophene rings is 1. The third-order valence-electron chi connectivity index (χ3n) is 3.70. The van der Waals surface area contributed by atoms with Gasteiger partial charge in [0.2, 0.25) is 0 Å². The van der Waals surface area contributed by atoms with Crippen molar-refractivity contribution in [3.05, 3.63) is 22.4 Å². The van der Waals surface area contributed by atoms with Crippen molar-refractivity contribution < 1.29 is 14.6 Å². The summed E-state index contributed by atoms with van der Waals surface area (Å²) in [5.41, 5.74) is 0. The molecule has 0 bridgehead atoms. The van der Waals surface area contributed by atoms with Crippen molar-refractivity contribution in [1.82, 2.24) is 9.80 Å². The number of β-amino-alcohol motifs (C(OH)–C–C–N with tert-alkyl or cyclic N) is 1. The first-order chi connectivity index (χ1) is 10.6. The molecule has 0 radical (unpaired) electrons. The van der Waals surface area contributed by atoms with Crippen LogP contribution >= 0.6 is 11.3 Å². The van der Waals surface area contributed by atoms with E-state index in [0.29, 0.717) is 19.7 Å². The van der Waals surface area contributed by atoms with Gasteiger partial charge in [0.05, 0.1) is 23.7 Å². The van der Waals surface area contributed by atoms with Crippen molar-refractivity contribution >= 4 is 17.2 Å². The Labute approximate surface area is 136 Å². The summed E-state index contributed by atoms with van der Waals surface area (Å²) < 4.78 is 5.44. The van der Waals surface area contributed by atoms with E-state index in [1.54, 1.807) is 0 Å². The van der Waals surface area contributed by atoms with Gasteiger partial charge in [-0.2, -0.15) is 0 Å². The fourth-order valence-electron chi connectivity index (χ4n) is 2.57. The van der Waals surface area contributed by atoms with Crippen LogP contribution in [0.15, 0.2) is 17.5 Å². The first-order valence-corrected chi connectivity index (χ1v) is 8.79. The lowest BCUT2D eigenvalue weighted by Crippen LogP contribution is -2.39. The van der Waals surface area contributed by atoms with E-state index in [2.05, 4.69) is 4.90 Å². The van der Waals surface area contributed by atoms with Gasteiger partial charge in [-0.1, -0.05) is 6.07 Å². The molecule has 1 N–H and O–H groups in total. The molecule has 0 aliphatic carbocycles. The standard InChI is InChI=1S/C16H26N2O3S/c1-13(2)21-12-14(19)11-17-6-4-7-18(9-8-17)16(20)15-5-3-10-22-15/h3,5,10,13-14,19H,4,6-9,11-12H2,1-2H3. The van der Waals surface area contributed by atoms with Crippen LogP contribution in [0.4, 0.5) is 0 Å². The number of carbonyl (C=O) groups excluding carboxylic acids is 1. The minimum atomic E-state index is -0.470. The molecule has 0 aromatic carbocycles. The average Bonchev–Trinajstić information content (AvgIpc) is 2.92. The number of rotatable bonds is 6. The monoisotopic (exact) mass is 326 g/mol. The molecule has 0 saturated carbocycles. The molecule has 1 atom stereocenters. The summed E-state index contributed by atoms with van der Waals surface area (Å²) >= 11 is 1.49. The van der Waals surface area contributed by atoms with Crippen LogP contribution in [0.2, 0.25) is 0 Å². The van der Waals surface area contributed by atoms with Crippen LogP contribution in [-0.2, 0) is 4.74 Å². The second-order valence-electron chi connectivity index (χ2n) is 5.96. The molecule has 1 aliphatic rings. The van der Waals surface area contributed by atoms with E-state index in [4.69, 9.17) is 4.74 Å². The first kappa shape index (κ1) is 17.4. The fourth-order valence-corrected chi connectivity index (χ4v) is 3.26. The van der Waals surface area contributed by atoms with E-state index >= 15 is 0 Å². The summed E-state index contributed by atoms with van der Waals surface area (Å²) in [5.74, 6) is 0.125. The Morgan fingerprint density at radius 3 is 2.86 bits per heavy atom. The van der Waals surface area contributed by atoms with Crippen molar-refractivity contribution in [2.75, 3.05) is 39.3 Å². The molecular formula is C16H26N2O3S. The van der Waals surface area contributed by atoms with Gasteiger partial charge >= 0.3 is 0 Å². The summed E-state index contributed by atoms with van der Waals surface area (Å²) in [4.78, 5) is 17.3. The SMILES string of the molecule is CC(C)OCC(O)CN1CCCN(C(=O)c2cccs2)CC1. The van der Waals surface area contributed by atoms with Crippen LogP contribution in [-0.4, -0.2) is 72.4 Å². The molecule has 0 spiro atoms. The van der Waals surface area contributed by atoms with Crippen LogP contribution in [0.25, 0.3) is 0 Å². The average molecular weight is 326 g/mol. The predicted molar refractivity (Wildman–Crippen MR) is 88.4 cm³/mol. The summed E-state index contributed by atoms with van der Waals surface area (Å²) in [7, 11) is 0. The molecule has 2 heterocycles. The summed E-state index contributed by atoms with van der Waals surface area (Å²) in [5, 5.41) is 12.0. The molecule has 1 aliphatic heterocycles. The lowest BCUT2D eigenvalue weighted by Gasteiger charge is -2.24. The Hall–Kier alpha value is -0.950. The minimum Gasteiger partial charge on any atom is -0.389 e. The Morgan fingerprint density at radius 1 is 1.36 bits per heavy atom. The highest BCUT2D eigenvalue weighted by molar-refractivity contribution is 7.12. The van der Waals surface area contributed by atoms with Crippen LogP contribution in [0, 0.1) is 0 Å². The van der Waals surface area contributed by atoms with Gasteiger partial charge in [0, 0.05) is 26.2 Å². The maximum Gasteiger partial charge on any atom is 0.263 e. The molecule has 1 unspecified atom stereocenters. The van der Waals surface area contributed by atoms with Crippen LogP contribution in [0.3, 0.4) is 0 Å². The summed E-state index contributed by atoms with van der Waals surface area (Å²) in [6.45, 7) is 8.11. The van der Waals surface area contributed by atoms with Gasteiger partial charge in [-0.3, -0.25) is 9.69 Å². The van der Waals surface area contributed by atoms with E-state index in [1.807, 2.05) is 36.3 Å². The predicted octanol–water partition coefficient (Wildman–Crippen LogP) is 1.68. The van der Waals surface area contributed by atoms with E-state index in [1.165, 1.54) is 11.3 Å². The van der Waals surface area contributed by atoms with Crippen molar-refractivity contribution in [2.24, 2.45) is 0 Å². The molecule has 1 aromatic heterocycles. The molecule has 1 saturated heterocycles. The van der Waals surface area contributed by atoms with Crippen molar-refractivity contribution in [1.29, 1.82) is 0 Å². The number of hydrogen-bond donors (Lipinski definition) is 1. The zero-order valence-corrected chi connectivity index (χ0v) is 14.2. The van der Waals surface area contributed by atoms with Gasteiger partial charge in [-0.05, 0) is 38.3 Å². The summed E-state index contributed by atoms with van der Waals surface area (Å²) in [6, 6.07) is 3.79. The van der Waals surface area contributed by atoms with Gasteiger partial charge < -0.3 is 14.7 Å². The number of carbonyl (C=O) groups is 1. The topological polar surface area (TPSA) is 53.0 Å². The Kier molecular flexibility index (Phi) is 6.82. The number of aliphatic hydroxyl groups excluding tert-OH is 1. The smallest absolute Gasteiger partial charge is 0.263 e. The number of aliphatic hydroxyl groups is 1. The van der Waals surface area contributed by atoms with E-state index in [-0.39, 0.29) is 12.0 Å². The number of nitrogens with zero attached hydrogens (tertiary/aromatic N) is 2. The Bertz CT molecular complexity index is 450. The molecule has 124 valence electrons. The molecular weight excluding hydrogens is 300 g/mol. The molecule has 22 heavy (non-hydrogen) atoms. The Balaban J connectivity index is 1.78. The highest BCUT2D eigenvalue weighted by atomic mass is 32.1. The van der Waals surface area contributed by atoms with Gasteiger partial charge in [-0.15, -0.1) is 11.3 Å². The normalized spacial score (nSPS) is 18.5. The highest BCUT2D eigenvalue weighted by Gasteiger charge is 2.22. The third kappa shape index (κ3) is 5.35. The van der Waals surface area contributed by atoms with Crippen LogP contribution in [0.5, 0.6) is 0 Å². The van der Waals surface area contributed by atoms with Crippen molar-refractivity contribution in [3.8, 4) is 0 Å². The third-order valence-corrected chi connectivity index (χ3v) is 4.56. The van der Waals surface area contributed by atoms with Crippen molar-refractivity contribution in [2.45, 2.75) is 32.5 Å². The van der Waals surface area contributed by atoms with E-state index in [9.17, 15) is 9.90 Å². The molecule has 1 amide bonds. The van der Waals surface area contributed by atoms with Gasteiger partial charge in [0.1, 0.15) is 0 Å². The largest absolute Gasteiger partial charge is 0.389 e. The van der Waals surface area contributed by atoms with Gasteiger partial charge in [0.15, 0.2) is 0 Å². The molecule has 1 aromatic rings. The second kappa shape index (κ2) is 8.62. The highest BCUT2D eigenvalue weighted by Crippen LogP contribution is 2.14. The number of ether oxygens (including phenoxy) is 1. The fraction of sp³-hybridized carbons (Fsp3) is 0.688. The number of amides is 1. The molecule has 1 fully saturated rings. The van der Waals surface area contributed by atoms with Crippen LogP contribution < -0.4 is 0 Å². The number of hydrogen-bond acceptors (Lipinski definition) is 5. The van der Waals surface area contributed by atoms with Crippen molar-refractivity contribution in [3.63, 3.8) is 0 Å². The zero-order chi connectivity index (χ0) is 15.9. The van der Waals surface area contributed by atoms with E-state index in [0.717, 1.165) is 30.9 Å². The molecule has 6 heteroatoms. The van der Waals surface area contributed by atoms with Gasteiger partial charge in [0.25, 0.3) is 5.91 Å².